The Balaban J connectivity index is 2.95. The second-order valence-corrected chi connectivity index (χ2v) is 3.47. The van der Waals surface area contributed by atoms with Gasteiger partial charge in [-0.2, -0.15) is 0 Å². The van der Waals surface area contributed by atoms with Gasteiger partial charge in [-0.15, -0.1) is 0 Å². The molecule has 0 saturated carbocycles. The predicted octanol–water partition coefficient (Wildman–Crippen LogP) is 2.88. The van der Waals surface area contributed by atoms with Gasteiger partial charge in [-0.1, -0.05) is 0 Å². The van der Waals surface area contributed by atoms with Crippen LogP contribution in [0.4, 0.5) is 4.39 Å². The number of carbonyl (C=O) groups excluding carboxylic acids is 1. The average molecular weight is 203 g/mol. The fourth-order valence-corrected chi connectivity index (χ4v) is 1.73. The van der Waals surface area contributed by atoms with Crippen molar-refractivity contribution in [3.63, 3.8) is 0 Å². The number of aromatic nitrogens is 1. The van der Waals surface area contributed by atoms with E-state index in [-0.39, 0.29) is 11.6 Å². The molecule has 15 heavy (non-hydrogen) atoms. The van der Waals surface area contributed by atoms with E-state index in [1.54, 1.807) is 19.2 Å². The summed E-state index contributed by atoms with van der Waals surface area (Å²) in [6, 6.07) is 4.50. The van der Waals surface area contributed by atoms with Gasteiger partial charge in [-0.3, -0.25) is 9.78 Å². The van der Waals surface area contributed by atoms with Crippen LogP contribution >= 0.6 is 0 Å². The SMILES string of the molecule is CC(=O)c1ccc(F)c2c(C)nccc12. The maximum atomic E-state index is 13.5. The lowest BCUT2D eigenvalue weighted by molar-refractivity contribution is 0.101. The summed E-state index contributed by atoms with van der Waals surface area (Å²) in [6.07, 6.45) is 1.59. The number of ketones is 1. The number of rotatable bonds is 1. The molecular formula is C12H10FNO. The Bertz CT molecular complexity index is 540. The summed E-state index contributed by atoms with van der Waals surface area (Å²) in [5.41, 5.74) is 1.14. The van der Waals surface area contributed by atoms with Crippen LogP contribution in [0.25, 0.3) is 10.8 Å². The molecule has 0 N–H and O–H groups in total. The number of halogens is 1. The number of Topliss-reactive ketones (excluding diaryl/α,β-unsaturated/α-hetero) is 1. The number of hydrogen-bond donors (Lipinski definition) is 0. The molecule has 2 nitrogen and oxygen atoms in total. The molecule has 1 aromatic heterocycles. The van der Waals surface area contributed by atoms with E-state index in [1.807, 2.05) is 0 Å². The molecule has 1 aromatic carbocycles. The topological polar surface area (TPSA) is 30.0 Å². The molecule has 3 heteroatoms. The fourth-order valence-electron chi connectivity index (χ4n) is 1.73. The summed E-state index contributed by atoms with van der Waals surface area (Å²) in [6.45, 7) is 3.21. The van der Waals surface area contributed by atoms with Gasteiger partial charge in [0.2, 0.25) is 0 Å². The second kappa shape index (κ2) is 3.42. The lowest BCUT2D eigenvalue weighted by Gasteiger charge is -2.06. The molecule has 0 unspecified atom stereocenters. The van der Waals surface area contributed by atoms with Crippen LogP contribution in [-0.4, -0.2) is 10.8 Å². The highest BCUT2D eigenvalue weighted by molar-refractivity contribution is 6.07. The largest absolute Gasteiger partial charge is 0.294 e. The van der Waals surface area contributed by atoms with Gasteiger partial charge >= 0.3 is 0 Å². The van der Waals surface area contributed by atoms with Crippen molar-refractivity contribution >= 4 is 16.6 Å². The van der Waals surface area contributed by atoms with Crippen molar-refractivity contribution in [3.05, 3.63) is 41.5 Å². The van der Waals surface area contributed by atoms with Crippen LogP contribution in [0.1, 0.15) is 23.0 Å². The predicted molar refractivity (Wildman–Crippen MR) is 56.4 cm³/mol. The first-order valence-corrected chi connectivity index (χ1v) is 4.66. The van der Waals surface area contributed by atoms with E-state index < -0.39 is 0 Å². The number of hydrogen-bond acceptors (Lipinski definition) is 2. The molecule has 0 aliphatic rings. The average Bonchev–Trinajstić information content (AvgIpc) is 2.17. The Morgan fingerprint density at radius 1 is 1.33 bits per heavy atom. The van der Waals surface area contributed by atoms with Gasteiger partial charge in [0, 0.05) is 22.8 Å². The summed E-state index contributed by atoms with van der Waals surface area (Å²) in [5, 5.41) is 1.07. The zero-order valence-electron chi connectivity index (χ0n) is 8.54. The van der Waals surface area contributed by atoms with Crippen LogP contribution in [0.2, 0.25) is 0 Å². The first-order chi connectivity index (χ1) is 7.11. The van der Waals surface area contributed by atoms with Crippen LogP contribution in [-0.2, 0) is 0 Å². The van der Waals surface area contributed by atoms with Crippen LogP contribution in [0.3, 0.4) is 0 Å². The number of carbonyl (C=O) groups is 1. The maximum Gasteiger partial charge on any atom is 0.160 e. The van der Waals surface area contributed by atoms with Gasteiger partial charge in [0.1, 0.15) is 5.82 Å². The number of pyridine rings is 1. The number of nitrogens with zero attached hydrogens (tertiary/aromatic N) is 1. The summed E-state index contributed by atoms with van der Waals surface area (Å²) < 4.78 is 13.5. The number of aryl methyl sites for hydroxylation is 1. The first-order valence-electron chi connectivity index (χ1n) is 4.66. The molecule has 2 rings (SSSR count). The summed E-state index contributed by atoms with van der Waals surface area (Å²) in [5.74, 6) is -0.397. The Hall–Kier alpha value is -1.77. The van der Waals surface area contributed by atoms with Crippen molar-refractivity contribution in [2.45, 2.75) is 13.8 Å². The monoisotopic (exact) mass is 203 g/mol. The zero-order valence-corrected chi connectivity index (χ0v) is 8.54. The van der Waals surface area contributed by atoms with Crippen molar-refractivity contribution in [3.8, 4) is 0 Å². The normalized spacial score (nSPS) is 10.6. The van der Waals surface area contributed by atoms with E-state index in [0.29, 0.717) is 22.0 Å². The highest BCUT2D eigenvalue weighted by atomic mass is 19.1. The van der Waals surface area contributed by atoms with Crippen molar-refractivity contribution in [2.24, 2.45) is 0 Å². The molecule has 0 spiro atoms. The van der Waals surface area contributed by atoms with E-state index in [0.717, 1.165) is 0 Å². The summed E-state index contributed by atoms with van der Waals surface area (Å²) in [7, 11) is 0. The first kappa shape index (κ1) is 9.77. The Morgan fingerprint density at radius 3 is 2.73 bits per heavy atom. The van der Waals surface area contributed by atoms with E-state index in [1.165, 1.54) is 19.1 Å². The molecule has 1 heterocycles. The minimum atomic E-state index is -0.333. The third-order valence-corrected chi connectivity index (χ3v) is 2.45. The minimum absolute atomic E-state index is 0.0643. The Morgan fingerprint density at radius 2 is 2.07 bits per heavy atom. The van der Waals surface area contributed by atoms with Gasteiger partial charge < -0.3 is 0 Å². The molecule has 0 atom stereocenters. The zero-order chi connectivity index (χ0) is 11.0. The quantitative estimate of drug-likeness (QED) is 0.667. The van der Waals surface area contributed by atoms with Gasteiger partial charge in [0.05, 0.1) is 0 Å². The minimum Gasteiger partial charge on any atom is -0.294 e. The fraction of sp³-hybridized carbons (Fsp3) is 0.167. The van der Waals surface area contributed by atoms with Crippen LogP contribution < -0.4 is 0 Å². The summed E-state index contributed by atoms with van der Waals surface area (Å²) >= 11 is 0. The molecule has 0 fully saturated rings. The van der Waals surface area contributed by atoms with Gasteiger partial charge in [0.15, 0.2) is 5.78 Å². The maximum absolute atomic E-state index is 13.5. The van der Waals surface area contributed by atoms with Crippen LogP contribution in [0.15, 0.2) is 24.4 Å². The molecule has 0 amide bonds. The van der Waals surface area contributed by atoms with Gasteiger partial charge in [-0.05, 0) is 37.4 Å². The van der Waals surface area contributed by atoms with E-state index in [4.69, 9.17) is 0 Å². The highest BCUT2D eigenvalue weighted by Crippen LogP contribution is 2.23. The molecular weight excluding hydrogens is 193 g/mol. The molecule has 0 bridgehead atoms. The smallest absolute Gasteiger partial charge is 0.160 e. The molecule has 0 radical (unpaired) electrons. The molecule has 0 aliphatic heterocycles. The lowest BCUT2D eigenvalue weighted by Crippen LogP contribution is -1.97. The number of benzene rings is 1. The van der Waals surface area contributed by atoms with E-state index >= 15 is 0 Å². The number of fused-ring (bicyclic) bond motifs is 1. The van der Waals surface area contributed by atoms with Crippen molar-refractivity contribution in [2.75, 3.05) is 0 Å². The lowest BCUT2D eigenvalue weighted by atomic mass is 10.0. The second-order valence-electron chi connectivity index (χ2n) is 3.47. The molecule has 2 aromatic rings. The van der Waals surface area contributed by atoms with Gasteiger partial charge in [-0.25, -0.2) is 4.39 Å². The standard InChI is InChI=1S/C12H10FNO/c1-7-12-10(5-6-14-7)9(8(2)15)3-4-11(12)13/h3-6H,1-2H3. The van der Waals surface area contributed by atoms with Gasteiger partial charge in [0.25, 0.3) is 0 Å². The van der Waals surface area contributed by atoms with Crippen molar-refractivity contribution in [1.29, 1.82) is 0 Å². The summed E-state index contributed by atoms with van der Waals surface area (Å²) in [4.78, 5) is 15.4. The third kappa shape index (κ3) is 1.50. The highest BCUT2D eigenvalue weighted by Gasteiger charge is 2.10. The third-order valence-electron chi connectivity index (χ3n) is 2.45. The van der Waals surface area contributed by atoms with E-state index in [2.05, 4.69) is 4.98 Å². The molecule has 0 saturated heterocycles. The van der Waals surface area contributed by atoms with Crippen LogP contribution in [0.5, 0.6) is 0 Å². The van der Waals surface area contributed by atoms with Crippen molar-refractivity contribution < 1.29 is 9.18 Å². The Labute approximate surface area is 86.8 Å². The van der Waals surface area contributed by atoms with E-state index in [9.17, 15) is 9.18 Å². The van der Waals surface area contributed by atoms with Crippen LogP contribution in [0, 0.1) is 12.7 Å². The Kier molecular flexibility index (Phi) is 2.23. The van der Waals surface area contributed by atoms with Crippen molar-refractivity contribution in [1.82, 2.24) is 4.98 Å². The molecule has 76 valence electrons. The molecule has 0 aliphatic carbocycles.